The molecule has 0 fully saturated rings. The molecule has 0 N–H and O–H groups in total. The number of amides is 1. The van der Waals surface area contributed by atoms with Crippen molar-refractivity contribution in [3.8, 4) is 6.07 Å². The summed E-state index contributed by atoms with van der Waals surface area (Å²) in [6.07, 6.45) is 0.198. The molecule has 1 aromatic carbocycles. The van der Waals surface area contributed by atoms with Crippen molar-refractivity contribution in [2.24, 2.45) is 0 Å². The molecule has 1 aromatic heterocycles. The van der Waals surface area contributed by atoms with Crippen LogP contribution in [0.15, 0.2) is 18.2 Å². The molecule has 0 radical (unpaired) electrons. The number of hydrogen-bond acceptors (Lipinski definition) is 6. The molecule has 0 spiro atoms. The average molecular weight is 364 g/mol. The third kappa shape index (κ3) is 4.32. The SMILES string of the molecule is COCc1c(C(=O)OCC(=O)N(C)CCC#N)sc2cccc(F)c12. The molecule has 132 valence electrons. The second kappa shape index (κ2) is 8.55. The highest BCUT2D eigenvalue weighted by atomic mass is 32.1. The highest BCUT2D eigenvalue weighted by Gasteiger charge is 2.23. The zero-order valence-electron chi connectivity index (χ0n) is 13.9. The van der Waals surface area contributed by atoms with Crippen molar-refractivity contribution < 1.29 is 23.5 Å². The van der Waals surface area contributed by atoms with Crippen molar-refractivity contribution in [2.45, 2.75) is 13.0 Å². The van der Waals surface area contributed by atoms with Gasteiger partial charge in [0.1, 0.15) is 10.7 Å². The van der Waals surface area contributed by atoms with Gasteiger partial charge in [0.05, 0.1) is 19.1 Å². The minimum Gasteiger partial charge on any atom is -0.451 e. The van der Waals surface area contributed by atoms with E-state index in [4.69, 9.17) is 14.7 Å². The number of hydrogen-bond donors (Lipinski definition) is 0. The molecule has 2 aromatic rings. The molecule has 0 saturated heterocycles. The van der Waals surface area contributed by atoms with Crippen LogP contribution in [0.3, 0.4) is 0 Å². The standard InChI is InChI=1S/C17H17FN2O4S/c1-20(8-4-7-19)14(21)10-24-17(22)16-11(9-23-2)15-12(18)5-3-6-13(15)25-16/h3,5-6H,4,8-10H2,1-2H3. The fraction of sp³-hybridized carbons (Fsp3) is 0.353. The fourth-order valence-corrected chi connectivity index (χ4v) is 3.38. The largest absolute Gasteiger partial charge is 0.451 e. The first-order valence-corrected chi connectivity index (χ1v) is 8.28. The van der Waals surface area contributed by atoms with Crippen LogP contribution < -0.4 is 0 Å². The zero-order valence-corrected chi connectivity index (χ0v) is 14.7. The van der Waals surface area contributed by atoms with Gasteiger partial charge in [-0.05, 0) is 12.1 Å². The Bertz CT molecular complexity index is 828. The van der Waals surface area contributed by atoms with Crippen LogP contribution in [-0.2, 0) is 20.9 Å². The molecule has 1 heterocycles. The number of methoxy groups -OCH3 is 1. The summed E-state index contributed by atoms with van der Waals surface area (Å²) in [5.41, 5.74) is 0.413. The Morgan fingerprint density at radius 2 is 2.16 bits per heavy atom. The Morgan fingerprint density at radius 1 is 1.40 bits per heavy atom. The first-order chi connectivity index (χ1) is 12.0. The second-order valence-corrected chi connectivity index (χ2v) is 6.31. The maximum atomic E-state index is 14.1. The second-order valence-electron chi connectivity index (χ2n) is 5.26. The molecule has 8 heteroatoms. The maximum Gasteiger partial charge on any atom is 0.349 e. The van der Waals surface area contributed by atoms with E-state index >= 15 is 0 Å². The van der Waals surface area contributed by atoms with Crippen LogP contribution in [0.5, 0.6) is 0 Å². The van der Waals surface area contributed by atoms with Gasteiger partial charge in [-0.1, -0.05) is 6.07 Å². The number of thiophene rings is 1. The van der Waals surface area contributed by atoms with Crippen LogP contribution in [0.1, 0.15) is 21.7 Å². The Morgan fingerprint density at radius 3 is 2.84 bits per heavy atom. The van der Waals surface area contributed by atoms with Gasteiger partial charge < -0.3 is 14.4 Å². The summed E-state index contributed by atoms with van der Waals surface area (Å²) in [7, 11) is 2.98. The van der Waals surface area contributed by atoms with Crippen molar-refractivity contribution in [3.05, 3.63) is 34.5 Å². The normalized spacial score (nSPS) is 10.5. The molecule has 2 rings (SSSR count). The molecule has 0 unspecified atom stereocenters. The van der Waals surface area contributed by atoms with E-state index in [2.05, 4.69) is 0 Å². The predicted octanol–water partition coefficient (Wildman–Crippen LogP) is 2.72. The van der Waals surface area contributed by atoms with E-state index in [0.29, 0.717) is 15.6 Å². The number of carbonyl (C=O) groups is 2. The van der Waals surface area contributed by atoms with E-state index in [1.807, 2.05) is 6.07 Å². The van der Waals surface area contributed by atoms with Crippen molar-refractivity contribution >= 4 is 33.3 Å². The third-order valence-corrected chi connectivity index (χ3v) is 4.73. The molecular formula is C17H17FN2O4S. The summed E-state index contributed by atoms with van der Waals surface area (Å²) in [5.74, 6) is -1.55. The topological polar surface area (TPSA) is 79.6 Å². The maximum absolute atomic E-state index is 14.1. The number of halogens is 1. The van der Waals surface area contributed by atoms with Crippen LogP contribution in [0.25, 0.3) is 10.1 Å². The molecule has 25 heavy (non-hydrogen) atoms. The predicted molar refractivity (Wildman–Crippen MR) is 90.6 cm³/mol. The Balaban J connectivity index is 2.17. The number of nitrogens with zero attached hydrogens (tertiary/aromatic N) is 2. The minimum atomic E-state index is -0.699. The van der Waals surface area contributed by atoms with E-state index in [1.165, 1.54) is 25.1 Å². The summed E-state index contributed by atoms with van der Waals surface area (Å²) in [4.78, 5) is 25.8. The van der Waals surface area contributed by atoms with Crippen molar-refractivity contribution in [3.63, 3.8) is 0 Å². The Hall–Kier alpha value is -2.50. The van der Waals surface area contributed by atoms with Gasteiger partial charge in [-0.15, -0.1) is 11.3 Å². The molecular weight excluding hydrogens is 347 g/mol. The van der Waals surface area contributed by atoms with Gasteiger partial charge in [-0.2, -0.15) is 5.26 Å². The van der Waals surface area contributed by atoms with Crippen LogP contribution >= 0.6 is 11.3 Å². The van der Waals surface area contributed by atoms with Crippen LogP contribution in [0.2, 0.25) is 0 Å². The number of nitriles is 1. The van der Waals surface area contributed by atoms with Gasteiger partial charge in [-0.3, -0.25) is 4.79 Å². The monoisotopic (exact) mass is 364 g/mol. The van der Waals surface area contributed by atoms with Crippen LogP contribution in [0.4, 0.5) is 4.39 Å². The first kappa shape index (κ1) is 18.8. The number of benzene rings is 1. The number of ether oxygens (including phenoxy) is 2. The highest BCUT2D eigenvalue weighted by molar-refractivity contribution is 7.21. The summed E-state index contributed by atoms with van der Waals surface area (Å²) in [6.45, 7) is -0.124. The van der Waals surface area contributed by atoms with E-state index in [0.717, 1.165) is 11.3 Å². The summed E-state index contributed by atoms with van der Waals surface area (Å²) in [5, 5.41) is 8.85. The smallest absolute Gasteiger partial charge is 0.349 e. The number of fused-ring (bicyclic) bond motifs is 1. The molecule has 6 nitrogen and oxygen atoms in total. The Labute approximate surface area is 148 Å². The third-order valence-electron chi connectivity index (χ3n) is 3.55. The summed E-state index contributed by atoms with van der Waals surface area (Å²) in [6, 6.07) is 6.52. The van der Waals surface area contributed by atoms with E-state index in [9.17, 15) is 14.0 Å². The molecule has 0 aliphatic carbocycles. The van der Waals surface area contributed by atoms with Crippen LogP contribution in [-0.4, -0.2) is 44.1 Å². The number of likely N-dealkylation sites (N-methyl/N-ethyl adjacent to an activating group) is 1. The van der Waals surface area contributed by atoms with Crippen molar-refractivity contribution in [1.82, 2.24) is 4.90 Å². The molecule has 0 atom stereocenters. The van der Waals surface area contributed by atoms with Gasteiger partial charge >= 0.3 is 5.97 Å². The lowest BCUT2D eigenvalue weighted by molar-refractivity contribution is -0.133. The number of rotatable bonds is 7. The highest BCUT2D eigenvalue weighted by Crippen LogP contribution is 2.34. The van der Waals surface area contributed by atoms with Crippen molar-refractivity contribution in [1.29, 1.82) is 5.26 Å². The molecule has 0 bridgehead atoms. The van der Waals surface area contributed by atoms with Gasteiger partial charge in [0, 0.05) is 36.4 Å². The van der Waals surface area contributed by atoms with Gasteiger partial charge in [0.15, 0.2) is 6.61 Å². The van der Waals surface area contributed by atoms with Gasteiger partial charge in [0.25, 0.3) is 5.91 Å². The number of carbonyl (C=O) groups excluding carboxylic acids is 2. The lowest BCUT2D eigenvalue weighted by atomic mass is 10.1. The zero-order chi connectivity index (χ0) is 18.4. The lowest BCUT2D eigenvalue weighted by Gasteiger charge is -2.15. The van der Waals surface area contributed by atoms with E-state index in [1.54, 1.807) is 12.1 Å². The summed E-state index contributed by atoms with van der Waals surface area (Å²) < 4.78 is 24.8. The van der Waals surface area contributed by atoms with E-state index in [-0.39, 0.29) is 24.4 Å². The van der Waals surface area contributed by atoms with Crippen LogP contribution in [0, 0.1) is 17.1 Å². The molecule has 0 saturated carbocycles. The summed E-state index contributed by atoms with van der Waals surface area (Å²) >= 11 is 1.10. The fourth-order valence-electron chi connectivity index (χ4n) is 2.26. The quantitative estimate of drug-likeness (QED) is 0.706. The molecule has 1 amide bonds. The minimum absolute atomic E-state index is 0.0569. The average Bonchev–Trinajstić information content (AvgIpc) is 2.97. The molecule has 0 aliphatic rings. The molecule has 0 aliphatic heterocycles. The van der Waals surface area contributed by atoms with E-state index < -0.39 is 24.3 Å². The van der Waals surface area contributed by atoms with Crippen molar-refractivity contribution in [2.75, 3.05) is 27.3 Å². The number of esters is 1. The lowest BCUT2D eigenvalue weighted by Crippen LogP contribution is -2.31. The van der Waals surface area contributed by atoms with Gasteiger partial charge in [-0.25, -0.2) is 9.18 Å². The first-order valence-electron chi connectivity index (χ1n) is 7.46. The van der Waals surface area contributed by atoms with Gasteiger partial charge in [0.2, 0.25) is 0 Å². The Kier molecular flexibility index (Phi) is 6.44.